The number of rotatable bonds is 4. The summed E-state index contributed by atoms with van der Waals surface area (Å²) in [7, 11) is 0. The van der Waals surface area contributed by atoms with Crippen molar-refractivity contribution in [3.63, 3.8) is 0 Å². The zero-order valence-electron chi connectivity index (χ0n) is 14.0. The van der Waals surface area contributed by atoms with Gasteiger partial charge in [-0.2, -0.15) is 5.10 Å². The van der Waals surface area contributed by atoms with Gasteiger partial charge in [-0.05, 0) is 31.2 Å². The fourth-order valence-corrected chi connectivity index (χ4v) is 3.19. The standard InChI is InChI=1S/C17H17Cl2N3O4/c1-10-6-15(20-22(10)11-2-3-13(18)14(19)7-11)17(25)21-4-5-26-9-12(21)8-16(23)24/h2-3,6-7,12H,4-5,8-9H2,1H3,(H,23,24). The lowest BCUT2D eigenvalue weighted by molar-refractivity contribution is -0.139. The van der Waals surface area contributed by atoms with Gasteiger partial charge in [-0.3, -0.25) is 9.59 Å². The van der Waals surface area contributed by atoms with Gasteiger partial charge in [0.25, 0.3) is 5.91 Å². The number of hydrogen-bond donors (Lipinski definition) is 1. The van der Waals surface area contributed by atoms with Gasteiger partial charge in [0.2, 0.25) is 0 Å². The summed E-state index contributed by atoms with van der Waals surface area (Å²) in [6.07, 6.45) is -0.168. The first-order chi connectivity index (χ1) is 12.4. The second kappa shape index (κ2) is 7.65. The van der Waals surface area contributed by atoms with Gasteiger partial charge in [0.05, 0.1) is 41.4 Å². The van der Waals surface area contributed by atoms with Crippen molar-refractivity contribution in [2.75, 3.05) is 19.8 Å². The lowest BCUT2D eigenvalue weighted by Crippen LogP contribution is -2.49. The summed E-state index contributed by atoms with van der Waals surface area (Å²) in [5, 5.41) is 14.2. The molecule has 1 aliphatic rings. The lowest BCUT2D eigenvalue weighted by Gasteiger charge is -2.34. The molecule has 1 aromatic carbocycles. The van der Waals surface area contributed by atoms with Gasteiger partial charge in [0.1, 0.15) is 0 Å². The third kappa shape index (κ3) is 3.85. The second-order valence-electron chi connectivity index (χ2n) is 6.01. The van der Waals surface area contributed by atoms with Crippen LogP contribution in [0.25, 0.3) is 5.69 Å². The summed E-state index contributed by atoms with van der Waals surface area (Å²) in [6.45, 7) is 2.72. The monoisotopic (exact) mass is 397 g/mol. The van der Waals surface area contributed by atoms with Crippen molar-refractivity contribution in [1.82, 2.24) is 14.7 Å². The maximum absolute atomic E-state index is 12.9. The molecule has 9 heteroatoms. The van der Waals surface area contributed by atoms with Gasteiger partial charge < -0.3 is 14.7 Å². The molecule has 1 atom stereocenters. The van der Waals surface area contributed by atoms with Crippen LogP contribution in [0.2, 0.25) is 10.0 Å². The minimum Gasteiger partial charge on any atom is -0.481 e. The topological polar surface area (TPSA) is 84.7 Å². The highest BCUT2D eigenvalue weighted by molar-refractivity contribution is 6.42. The number of aryl methyl sites for hydroxylation is 1. The minimum absolute atomic E-state index is 0.168. The molecule has 2 heterocycles. The van der Waals surface area contributed by atoms with Crippen LogP contribution in [0.3, 0.4) is 0 Å². The lowest BCUT2D eigenvalue weighted by atomic mass is 10.1. The molecule has 26 heavy (non-hydrogen) atoms. The summed E-state index contributed by atoms with van der Waals surface area (Å²) in [5.41, 5.74) is 1.67. The average molecular weight is 398 g/mol. The Balaban J connectivity index is 1.88. The Morgan fingerprint density at radius 1 is 1.31 bits per heavy atom. The van der Waals surface area contributed by atoms with Crippen molar-refractivity contribution in [1.29, 1.82) is 0 Å². The van der Waals surface area contributed by atoms with E-state index in [0.717, 1.165) is 5.69 Å². The zero-order valence-corrected chi connectivity index (χ0v) is 15.5. The van der Waals surface area contributed by atoms with Crippen LogP contribution in [0.5, 0.6) is 0 Å². The van der Waals surface area contributed by atoms with Crippen LogP contribution in [0.4, 0.5) is 0 Å². The highest BCUT2D eigenvalue weighted by atomic mass is 35.5. The van der Waals surface area contributed by atoms with E-state index >= 15 is 0 Å². The number of carbonyl (C=O) groups excluding carboxylic acids is 1. The van der Waals surface area contributed by atoms with Crippen molar-refractivity contribution in [3.05, 3.63) is 45.7 Å². The number of benzene rings is 1. The number of aromatic nitrogens is 2. The van der Waals surface area contributed by atoms with Crippen molar-refractivity contribution >= 4 is 35.1 Å². The van der Waals surface area contributed by atoms with E-state index < -0.39 is 12.0 Å². The number of carboxylic acids is 1. The predicted octanol–water partition coefficient (Wildman–Crippen LogP) is 2.80. The summed E-state index contributed by atoms with van der Waals surface area (Å²) in [5.74, 6) is -1.29. The van der Waals surface area contributed by atoms with E-state index in [-0.39, 0.29) is 24.6 Å². The van der Waals surface area contributed by atoms with Crippen molar-refractivity contribution in [2.24, 2.45) is 0 Å². The highest BCUT2D eigenvalue weighted by Gasteiger charge is 2.31. The Hall–Kier alpha value is -2.09. The summed E-state index contributed by atoms with van der Waals surface area (Å²) in [4.78, 5) is 25.4. The maximum Gasteiger partial charge on any atom is 0.305 e. The van der Waals surface area contributed by atoms with E-state index in [9.17, 15) is 9.59 Å². The van der Waals surface area contributed by atoms with E-state index in [1.165, 1.54) is 4.90 Å². The van der Waals surface area contributed by atoms with E-state index in [2.05, 4.69) is 5.10 Å². The molecule has 3 rings (SSSR count). The van der Waals surface area contributed by atoms with Crippen LogP contribution < -0.4 is 0 Å². The maximum atomic E-state index is 12.9. The van der Waals surface area contributed by atoms with Gasteiger partial charge in [-0.15, -0.1) is 0 Å². The van der Waals surface area contributed by atoms with Gasteiger partial charge in [0, 0.05) is 12.2 Å². The number of carbonyl (C=O) groups is 2. The number of ether oxygens (including phenoxy) is 1. The molecular formula is C17H17Cl2N3O4. The number of carboxylic acid groups (broad SMARTS) is 1. The Morgan fingerprint density at radius 2 is 2.08 bits per heavy atom. The highest BCUT2D eigenvalue weighted by Crippen LogP contribution is 2.25. The predicted molar refractivity (Wildman–Crippen MR) is 96.2 cm³/mol. The second-order valence-corrected chi connectivity index (χ2v) is 6.82. The number of nitrogens with zero attached hydrogens (tertiary/aromatic N) is 3. The molecule has 1 N–H and O–H groups in total. The quantitative estimate of drug-likeness (QED) is 0.856. The smallest absolute Gasteiger partial charge is 0.305 e. The number of morpholine rings is 1. The molecule has 2 aromatic rings. The first kappa shape index (κ1) is 18.7. The van der Waals surface area contributed by atoms with Crippen LogP contribution >= 0.6 is 23.2 Å². The van der Waals surface area contributed by atoms with Gasteiger partial charge in [-0.1, -0.05) is 23.2 Å². The number of aliphatic carboxylic acids is 1. The molecule has 0 saturated carbocycles. The first-order valence-electron chi connectivity index (χ1n) is 7.99. The molecule has 1 fully saturated rings. The summed E-state index contributed by atoms with van der Waals surface area (Å²) in [6, 6.07) is 6.24. The molecule has 1 aromatic heterocycles. The van der Waals surface area contributed by atoms with E-state index in [1.54, 1.807) is 28.9 Å². The summed E-state index contributed by atoms with van der Waals surface area (Å²) < 4.78 is 6.91. The Bertz CT molecular complexity index is 853. The third-order valence-corrected chi connectivity index (χ3v) is 4.89. The molecule has 1 amide bonds. The fourth-order valence-electron chi connectivity index (χ4n) is 2.90. The third-order valence-electron chi connectivity index (χ3n) is 4.15. The average Bonchev–Trinajstić information content (AvgIpc) is 2.98. The molecule has 1 saturated heterocycles. The Kier molecular flexibility index (Phi) is 5.50. The molecule has 0 bridgehead atoms. The summed E-state index contributed by atoms with van der Waals surface area (Å²) >= 11 is 12.0. The Morgan fingerprint density at radius 3 is 2.77 bits per heavy atom. The normalized spacial score (nSPS) is 17.3. The molecule has 1 unspecified atom stereocenters. The molecule has 0 aliphatic carbocycles. The SMILES string of the molecule is Cc1cc(C(=O)N2CCOCC2CC(=O)O)nn1-c1ccc(Cl)c(Cl)c1. The molecule has 0 radical (unpaired) electrons. The van der Waals surface area contributed by atoms with Crippen LogP contribution in [-0.2, 0) is 9.53 Å². The molecule has 0 spiro atoms. The molecule has 7 nitrogen and oxygen atoms in total. The van der Waals surface area contributed by atoms with E-state index in [1.807, 2.05) is 6.92 Å². The van der Waals surface area contributed by atoms with Crippen LogP contribution in [0.15, 0.2) is 24.3 Å². The Labute approximate surface area is 160 Å². The van der Waals surface area contributed by atoms with Gasteiger partial charge in [-0.25, -0.2) is 4.68 Å². The van der Waals surface area contributed by atoms with Crippen molar-refractivity contribution in [3.8, 4) is 5.69 Å². The molecule has 138 valence electrons. The van der Waals surface area contributed by atoms with Crippen molar-refractivity contribution < 1.29 is 19.4 Å². The fraction of sp³-hybridized carbons (Fsp3) is 0.353. The van der Waals surface area contributed by atoms with Gasteiger partial charge in [0.15, 0.2) is 5.69 Å². The van der Waals surface area contributed by atoms with Crippen molar-refractivity contribution in [2.45, 2.75) is 19.4 Å². The minimum atomic E-state index is -0.976. The van der Waals surface area contributed by atoms with Gasteiger partial charge >= 0.3 is 5.97 Å². The number of amides is 1. The number of hydrogen-bond acceptors (Lipinski definition) is 4. The van der Waals surface area contributed by atoms with E-state index in [4.69, 9.17) is 33.0 Å². The molecule has 1 aliphatic heterocycles. The zero-order chi connectivity index (χ0) is 18.8. The largest absolute Gasteiger partial charge is 0.481 e. The van der Waals surface area contributed by atoms with Crippen LogP contribution in [-0.4, -0.2) is 57.5 Å². The van der Waals surface area contributed by atoms with Crippen LogP contribution in [0.1, 0.15) is 22.6 Å². The van der Waals surface area contributed by atoms with Crippen LogP contribution in [0, 0.1) is 6.92 Å². The molecular weight excluding hydrogens is 381 g/mol. The number of halogens is 2. The van der Waals surface area contributed by atoms with E-state index in [0.29, 0.717) is 28.9 Å². The first-order valence-corrected chi connectivity index (χ1v) is 8.75.